The summed E-state index contributed by atoms with van der Waals surface area (Å²) in [6.45, 7) is 4.13. The third-order valence-corrected chi connectivity index (χ3v) is 6.58. The molecular weight excluding hydrogens is 454 g/mol. The average molecular weight is 486 g/mol. The Morgan fingerprint density at radius 3 is 2.17 bits per heavy atom. The highest BCUT2D eigenvalue weighted by Crippen LogP contribution is 2.28. The first kappa shape index (κ1) is 24.7. The quantitative estimate of drug-likeness (QED) is 0.298. The third-order valence-electron chi connectivity index (χ3n) is 5.67. The van der Waals surface area contributed by atoms with Gasteiger partial charge in [-0.1, -0.05) is 90.1 Å². The zero-order valence-electron chi connectivity index (χ0n) is 20.5. The van der Waals surface area contributed by atoms with Crippen LogP contribution in [0.3, 0.4) is 0 Å². The normalized spacial score (nSPS) is 11.1. The highest BCUT2D eigenvalue weighted by Gasteiger charge is 2.20. The van der Waals surface area contributed by atoms with E-state index in [0.29, 0.717) is 24.0 Å². The van der Waals surface area contributed by atoms with E-state index in [-0.39, 0.29) is 5.91 Å². The molecule has 0 atom stereocenters. The number of nitrogens with zero attached hydrogens (tertiary/aromatic N) is 5. The minimum atomic E-state index is 0.0835. The van der Waals surface area contributed by atoms with Gasteiger partial charge in [-0.05, 0) is 38.7 Å². The number of rotatable bonds is 10. The molecule has 0 radical (unpaired) electrons. The monoisotopic (exact) mass is 485 g/mol. The maximum Gasteiger partial charge on any atom is 0.233 e. The SMILES string of the molecule is Cc1ccc(-c2nnc(SCC(=O)N(CCN(C)C)Cc3ccccc3)n2-c2ccccc2)cc1. The van der Waals surface area contributed by atoms with Gasteiger partial charge in [-0.25, -0.2) is 0 Å². The Balaban J connectivity index is 1.56. The first-order chi connectivity index (χ1) is 17.0. The molecule has 1 heterocycles. The van der Waals surface area contributed by atoms with E-state index in [0.717, 1.165) is 29.2 Å². The molecule has 0 saturated carbocycles. The largest absolute Gasteiger partial charge is 0.336 e. The molecule has 3 aromatic carbocycles. The number of hydrogen-bond acceptors (Lipinski definition) is 5. The van der Waals surface area contributed by atoms with Gasteiger partial charge >= 0.3 is 0 Å². The van der Waals surface area contributed by atoms with Crippen molar-refractivity contribution in [2.75, 3.05) is 32.9 Å². The lowest BCUT2D eigenvalue weighted by Gasteiger charge is -2.24. The van der Waals surface area contributed by atoms with E-state index < -0.39 is 0 Å². The number of thioether (sulfide) groups is 1. The van der Waals surface area contributed by atoms with E-state index in [4.69, 9.17) is 0 Å². The van der Waals surface area contributed by atoms with Gasteiger partial charge < -0.3 is 9.80 Å². The van der Waals surface area contributed by atoms with E-state index >= 15 is 0 Å². The van der Waals surface area contributed by atoms with Crippen molar-refractivity contribution in [3.63, 3.8) is 0 Å². The summed E-state index contributed by atoms with van der Waals surface area (Å²) >= 11 is 1.43. The van der Waals surface area contributed by atoms with Gasteiger partial charge in [-0.3, -0.25) is 9.36 Å². The van der Waals surface area contributed by atoms with Crippen molar-refractivity contribution >= 4 is 17.7 Å². The smallest absolute Gasteiger partial charge is 0.233 e. The van der Waals surface area contributed by atoms with E-state index in [2.05, 4.69) is 58.4 Å². The molecule has 1 aromatic heterocycles. The second kappa shape index (κ2) is 11.8. The highest BCUT2D eigenvalue weighted by molar-refractivity contribution is 7.99. The fourth-order valence-corrected chi connectivity index (χ4v) is 4.55. The molecule has 0 aliphatic rings. The molecule has 1 amide bonds. The summed E-state index contributed by atoms with van der Waals surface area (Å²) in [5.74, 6) is 1.14. The zero-order chi connectivity index (χ0) is 24.6. The summed E-state index contributed by atoms with van der Waals surface area (Å²) in [5, 5.41) is 9.68. The van der Waals surface area contributed by atoms with Crippen LogP contribution in [0, 0.1) is 6.92 Å². The maximum atomic E-state index is 13.3. The molecule has 0 aliphatic carbocycles. The summed E-state index contributed by atoms with van der Waals surface area (Å²) < 4.78 is 2.03. The molecule has 0 aliphatic heterocycles. The first-order valence-corrected chi connectivity index (χ1v) is 12.7. The summed E-state index contributed by atoms with van der Waals surface area (Å²) in [6, 6.07) is 28.4. The van der Waals surface area contributed by atoms with Crippen molar-refractivity contribution in [3.05, 3.63) is 96.1 Å². The molecule has 4 rings (SSSR count). The number of hydrogen-bond donors (Lipinski definition) is 0. The van der Waals surface area contributed by atoms with Gasteiger partial charge in [-0.2, -0.15) is 0 Å². The second-order valence-corrected chi connectivity index (χ2v) is 9.68. The molecular formula is C28H31N5OS. The number of benzene rings is 3. The average Bonchev–Trinajstić information content (AvgIpc) is 3.30. The first-order valence-electron chi connectivity index (χ1n) is 11.7. The topological polar surface area (TPSA) is 54.3 Å². The van der Waals surface area contributed by atoms with Crippen molar-refractivity contribution in [1.82, 2.24) is 24.6 Å². The molecule has 180 valence electrons. The zero-order valence-corrected chi connectivity index (χ0v) is 21.3. The Morgan fingerprint density at radius 2 is 1.51 bits per heavy atom. The second-order valence-electron chi connectivity index (χ2n) is 8.74. The standard InChI is InChI=1S/C28H31N5OS/c1-22-14-16-24(17-15-22)27-29-30-28(33(27)25-12-8-5-9-13-25)35-21-26(34)32(19-18-31(2)3)20-23-10-6-4-7-11-23/h4-17H,18-21H2,1-3H3. The minimum absolute atomic E-state index is 0.0835. The third kappa shape index (κ3) is 6.59. The maximum absolute atomic E-state index is 13.3. The van der Waals surface area contributed by atoms with Crippen LogP contribution in [-0.2, 0) is 11.3 Å². The molecule has 0 unspecified atom stereocenters. The van der Waals surface area contributed by atoms with Crippen molar-refractivity contribution in [2.24, 2.45) is 0 Å². The van der Waals surface area contributed by atoms with Crippen molar-refractivity contribution in [3.8, 4) is 17.1 Å². The lowest BCUT2D eigenvalue weighted by molar-refractivity contribution is -0.129. The molecule has 0 spiro atoms. The predicted molar refractivity (Wildman–Crippen MR) is 143 cm³/mol. The van der Waals surface area contributed by atoms with Crippen LogP contribution in [0.1, 0.15) is 11.1 Å². The van der Waals surface area contributed by atoms with Gasteiger partial charge in [0, 0.05) is 30.9 Å². The van der Waals surface area contributed by atoms with Crippen molar-refractivity contribution in [1.29, 1.82) is 0 Å². The van der Waals surface area contributed by atoms with Crippen LogP contribution in [0.25, 0.3) is 17.1 Å². The van der Waals surface area contributed by atoms with Gasteiger partial charge in [0.1, 0.15) is 0 Å². The van der Waals surface area contributed by atoms with Gasteiger partial charge in [0.2, 0.25) is 5.91 Å². The number of carbonyl (C=O) groups is 1. The van der Waals surface area contributed by atoms with E-state index in [9.17, 15) is 4.79 Å². The molecule has 6 nitrogen and oxygen atoms in total. The number of carbonyl (C=O) groups excluding carboxylic acids is 1. The van der Waals surface area contributed by atoms with Crippen molar-refractivity contribution in [2.45, 2.75) is 18.6 Å². The lowest BCUT2D eigenvalue weighted by atomic mass is 10.1. The number of aromatic nitrogens is 3. The number of para-hydroxylation sites is 1. The van der Waals surface area contributed by atoms with Gasteiger partial charge in [0.25, 0.3) is 0 Å². The summed E-state index contributed by atoms with van der Waals surface area (Å²) in [7, 11) is 4.05. The Hall–Kier alpha value is -3.42. The molecule has 0 saturated heterocycles. The van der Waals surface area contributed by atoms with Crippen LogP contribution in [0.5, 0.6) is 0 Å². The molecule has 0 fully saturated rings. The van der Waals surface area contributed by atoms with Gasteiger partial charge in [0.15, 0.2) is 11.0 Å². The lowest BCUT2D eigenvalue weighted by Crippen LogP contribution is -2.37. The Bertz CT molecular complexity index is 1220. The Morgan fingerprint density at radius 1 is 0.857 bits per heavy atom. The Kier molecular flexibility index (Phi) is 8.34. The van der Waals surface area contributed by atoms with E-state index in [1.807, 2.05) is 72.1 Å². The Labute approximate surface area is 211 Å². The van der Waals surface area contributed by atoms with Crippen LogP contribution >= 0.6 is 11.8 Å². The predicted octanol–water partition coefficient (Wildman–Crippen LogP) is 4.93. The fraction of sp³-hybridized carbons (Fsp3) is 0.250. The van der Waals surface area contributed by atoms with Crippen LogP contribution in [0.2, 0.25) is 0 Å². The summed E-state index contributed by atoms with van der Waals surface area (Å²) in [6.07, 6.45) is 0. The van der Waals surface area contributed by atoms with E-state index in [1.54, 1.807) is 0 Å². The van der Waals surface area contributed by atoms with Crippen molar-refractivity contribution < 1.29 is 4.79 Å². The summed E-state index contributed by atoms with van der Waals surface area (Å²) in [5.41, 5.74) is 4.27. The highest BCUT2D eigenvalue weighted by atomic mass is 32.2. The van der Waals surface area contributed by atoms with Gasteiger partial charge in [0.05, 0.1) is 5.75 Å². The van der Waals surface area contributed by atoms with Crippen LogP contribution < -0.4 is 0 Å². The minimum Gasteiger partial charge on any atom is -0.336 e. The number of aryl methyl sites for hydroxylation is 1. The molecule has 0 N–H and O–H groups in total. The summed E-state index contributed by atoms with van der Waals surface area (Å²) in [4.78, 5) is 17.3. The molecule has 35 heavy (non-hydrogen) atoms. The van der Waals surface area contributed by atoms with Crippen LogP contribution in [0.15, 0.2) is 90.1 Å². The van der Waals surface area contributed by atoms with E-state index in [1.165, 1.54) is 17.3 Å². The molecule has 0 bridgehead atoms. The number of likely N-dealkylation sites (N-methyl/N-ethyl adjacent to an activating group) is 1. The van der Waals surface area contributed by atoms with Crippen LogP contribution in [0.4, 0.5) is 0 Å². The number of amides is 1. The fourth-order valence-electron chi connectivity index (χ4n) is 3.70. The van der Waals surface area contributed by atoms with Gasteiger partial charge in [-0.15, -0.1) is 10.2 Å². The molecule has 4 aromatic rings. The molecule has 7 heteroatoms. The van der Waals surface area contributed by atoms with Crippen LogP contribution in [-0.4, -0.2) is 63.4 Å².